The Bertz CT molecular complexity index is 279. The van der Waals surface area contributed by atoms with Crippen LogP contribution < -0.4 is 5.32 Å². The Labute approximate surface area is 102 Å². The summed E-state index contributed by atoms with van der Waals surface area (Å²) in [6.07, 6.45) is 2.49. The molecule has 2 N–H and O–H groups in total. The van der Waals surface area contributed by atoms with Crippen molar-refractivity contribution in [3.63, 3.8) is 0 Å². The summed E-state index contributed by atoms with van der Waals surface area (Å²) in [6.45, 7) is 5.87. The molecule has 5 nitrogen and oxygen atoms in total. The van der Waals surface area contributed by atoms with Crippen LogP contribution in [0, 0.1) is 0 Å². The quantitative estimate of drug-likeness (QED) is 0.519. The lowest BCUT2D eigenvalue weighted by atomic mass is 10.2. The van der Waals surface area contributed by atoms with Crippen molar-refractivity contribution in [2.24, 2.45) is 0 Å². The lowest BCUT2D eigenvalue weighted by Gasteiger charge is -2.30. The first-order valence-electron chi connectivity index (χ1n) is 6.06. The third-order valence-corrected chi connectivity index (χ3v) is 2.86. The Morgan fingerprint density at radius 3 is 3.00 bits per heavy atom. The fraction of sp³-hybridized carbons (Fsp3) is 0.750. The van der Waals surface area contributed by atoms with E-state index in [1.54, 1.807) is 6.08 Å². The number of rotatable bonds is 6. The zero-order valence-electron chi connectivity index (χ0n) is 10.6. The number of ether oxygens (including phenoxy) is 1. The maximum absolute atomic E-state index is 10.7. The summed E-state index contributed by atoms with van der Waals surface area (Å²) < 4.78 is 5.59. The lowest BCUT2D eigenvalue weighted by Crippen LogP contribution is -2.44. The first kappa shape index (κ1) is 14.2. The normalized spacial score (nSPS) is 22.7. The van der Waals surface area contributed by atoms with Crippen molar-refractivity contribution in [2.45, 2.75) is 19.4 Å². The molecular formula is C12H22N2O3. The maximum atomic E-state index is 10.7. The van der Waals surface area contributed by atoms with E-state index in [0.29, 0.717) is 18.5 Å². The zero-order chi connectivity index (χ0) is 12.7. The molecule has 1 heterocycles. The molecule has 1 atom stereocenters. The largest absolute Gasteiger partial charge is 0.478 e. The molecule has 0 saturated carbocycles. The van der Waals surface area contributed by atoms with Crippen LogP contribution in [0.1, 0.15) is 13.3 Å². The highest BCUT2D eigenvalue weighted by molar-refractivity contribution is 5.86. The van der Waals surface area contributed by atoms with E-state index in [1.165, 1.54) is 0 Å². The summed E-state index contributed by atoms with van der Waals surface area (Å²) in [5.74, 6) is -0.831. The van der Waals surface area contributed by atoms with Crippen LogP contribution in [0.5, 0.6) is 0 Å². The Morgan fingerprint density at radius 1 is 1.65 bits per heavy atom. The molecule has 1 saturated heterocycles. The topological polar surface area (TPSA) is 61.8 Å². The molecule has 0 aliphatic carbocycles. The van der Waals surface area contributed by atoms with Crippen LogP contribution in [0.15, 0.2) is 11.6 Å². The number of nitrogens with zero attached hydrogens (tertiary/aromatic N) is 1. The average molecular weight is 242 g/mol. The van der Waals surface area contributed by atoms with E-state index < -0.39 is 5.97 Å². The van der Waals surface area contributed by atoms with Crippen LogP contribution in [0.4, 0.5) is 0 Å². The third-order valence-electron chi connectivity index (χ3n) is 2.86. The number of morpholine rings is 1. The molecule has 0 amide bonds. The van der Waals surface area contributed by atoms with Crippen LogP contribution in [-0.2, 0) is 9.53 Å². The zero-order valence-corrected chi connectivity index (χ0v) is 10.6. The summed E-state index contributed by atoms with van der Waals surface area (Å²) in [4.78, 5) is 13.0. The van der Waals surface area contributed by atoms with Gasteiger partial charge in [-0.15, -0.1) is 0 Å². The van der Waals surface area contributed by atoms with E-state index in [-0.39, 0.29) is 6.10 Å². The van der Waals surface area contributed by atoms with Crippen molar-refractivity contribution in [2.75, 3.05) is 39.8 Å². The number of carbonyl (C=O) groups is 1. The maximum Gasteiger partial charge on any atom is 0.331 e. The van der Waals surface area contributed by atoms with Crippen molar-refractivity contribution >= 4 is 5.97 Å². The van der Waals surface area contributed by atoms with Gasteiger partial charge in [0.25, 0.3) is 0 Å². The number of carboxylic acids is 1. The van der Waals surface area contributed by atoms with Crippen molar-refractivity contribution in [3.8, 4) is 0 Å². The Hall–Kier alpha value is -0.910. The molecule has 1 aliphatic heterocycles. The molecule has 0 aromatic carbocycles. The van der Waals surface area contributed by atoms with Crippen molar-refractivity contribution < 1.29 is 14.6 Å². The van der Waals surface area contributed by atoms with Crippen LogP contribution >= 0.6 is 0 Å². The minimum Gasteiger partial charge on any atom is -0.478 e. The average Bonchev–Trinajstić information content (AvgIpc) is 2.28. The van der Waals surface area contributed by atoms with Crippen molar-refractivity contribution in [1.29, 1.82) is 0 Å². The first-order valence-corrected chi connectivity index (χ1v) is 6.06. The van der Waals surface area contributed by atoms with E-state index in [0.717, 1.165) is 26.2 Å². The van der Waals surface area contributed by atoms with Crippen LogP contribution in [0.3, 0.4) is 0 Å². The highest BCUT2D eigenvalue weighted by atomic mass is 16.5. The van der Waals surface area contributed by atoms with Crippen LogP contribution in [0.2, 0.25) is 0 Å². The second-order valence-electron chi connectivity index (χ2n) is 4.30. The van der Waals surface area contributed by atoms with Gasteiger partial charge in [0.1, 0.15) is 0 Å². The molecule has 17 heavy (non-hydrogen) atoms. The van der Waals surface area contributed by atoms with Crippen LogP contribution in [0.25, 0.3) is 0 Å². The minimum atomic E-state index is -0.831. The highest BCUT2D eigenvalue weighted by Gasteiger charge is 2.16. The second-order valence-corrected chi connectivity index (χ2v) is 4.30. The summed E-state index contributed by atoms with van der Waals surface area (Å²) in [5.41, 5.74) is 0.458. The number of carboxylic acid groups (broad SMARTS) is 1. The van der Waals surface area contributed by atoms with Gasteiger partial charge in [0.05, 0.1) is 12.7 Å². The molecule has 1 aliphatic rings. The minimum absolute atomic E-state index is 0.206. The van der Waals surface area contributed by atoms with Gasteiger partial charge in [-0.1, -0.05) is 13.0 Å². The molecule has 5 heteroatoms. The predicted octanol–water partition coefficient (Wildman–Crippen LogP) is 0.328. The monoisotopic (exact) mass is 242 g/mol. The Kier molecular flexibility index (Phi) is 6.18. The van der Waals surface area contributed by atoms with Gasteiger partial charge in [-0.2, -0.15) is 0 Å². The Balaban J connectivity index is 2.21. The summed E-state index contributed by atoms with van der Waals surface area (Å²) in [7, 11) is 2.08. The first-order chi connectivity index (χ1) is 8.13. The molecular weight excluding hydrogens is 220 g/mol. The molecule has 0 spiro atoms. The van der Waals surface area contributed by atoms with E-state index >= 15 is 0 Å². The van der Waals surface area contributed by atoms with E-state index in [2.05, 4.69) is 17.3 Å². The Morgan fingerprint density at radius 2 is 2.41 bits per heavy atom. The number of hydrogen-bond donors (Lipinski definition) is 2. The molecule has 0 aromatic rings. The van der Waals surface area contributed by atoms with Gasteiger partial charge < -0.3 is 20.1 Å². The number of aliphatic carboxylic acids is 1. The number of nitrogens with one attached hydrogen (secondary N) is 1. The molecule has 0 radical (unpaired) electrons. The third kappa shape index (κ3) is 5.30. The molecule has 1 unspecified atom stereocenters. The molecule has 98 valence electrons. The van der Waals surface area contributed by atoms with E-state index in [1.807, 2.05) is 6.92 Å². The van der Waals surface area contributed by atoms with Gasteiger partial charge in [0.2, 0.25) is 0 Å². The van der Waals surface area contributed by atoms with E-state index in [9.17, 15) is 4.79 Å². The molecule has 1 rings (SSSR count). The number of likely N-dealkylation sites (N-methyl/N-ethyl adjacent to an activating group) is 1. The summed E-state index contributed by atoms with van der Waals surface area (Å²) in [5, 5.41) is 12.0. The van der Waals surface area contributed by atoms with Crippen LogP contribution in [-0.4, -0.2) is 61.9 Å². The predicted molar refractivity (Wildman–Crippen MR) is 66.1 cm³/mol. The lowest BCUT2D eigenvalue weighted by molar-refractivity contribution is -0.132. The molecule has 1 fully saturated rings. The summed E-state index contributed by atoms with van der Waals surface area (Å²) >= 11 is 0. The standard InChI is InChI=1S/C12H22N2O3/c1-3-10(12(15)16)4-5-13-8-11-9-14(2)6-7-17-11/h4,11,13H,3,5-9H2,1-2H3,(H,15,16). The molecule has 0 aromatic heterocycles. The smallest absolute Gasteiger partial charge is 0.331 e. The van der Waals surface area contributed by atoms with Gasteiger partial charge >= 0.3 is 5.97 Å². The van der Waals surface area contributed by atoms with Gasteiger partial charge in [0.15, 0.2) is 0 Å². The summed E-state index contributed by atoms with van der Waals surface area (Å²) in [6, 6.07) is 0. The SMILES string of the molecule is CCC(=CCNCC1CN(C)CCO1)C(=O)O. The number of hydrogen-bond acceptors (Lipinski definition) is 4. The van der Waals surface area contributed by atoms with Gasteiger partial charge in [-0.3, -0.25) is 0 Å². The van der Waals surface area contributed by atoms with Gasteiger partial charge in [0, 0.05) is 31.8 Å². The van der Waals surface area contributed by atoms with Crippen molar-refractivity contribution in [3.05, 3.63) is 11.6 Å². The fourth-order valence-corrected chi connectivity index (χ4v) is 1.81. The van der Waals surface area contributed by atoms with Crippen molar-refractivity contribution in [1.82, 2.24) is 10.2 Å². The molecule has 0 bridgehead atoms. The van der Waals surface area contributed by atoms with E-state index in [4.69, 9.17) is 9.84 Å². The second kappa shape index (κ2) is 7.42. The van der Waals surface area contributed by atoms with Gasteiger partial charge in [-0.05, 0) is 13.5 Å². The fourth-order valence-electron chi connectivity index (χ4n) is 1.81. The highest BCUT2D eigenvalue weighted by Crippen LogP contribution is 2.02. The van der Waals surface area contributed by atoms with Gasteiger partial charge in [-0.25, -0.2) is 4.79 Å².